The molecule has 1 aliphatic carbocycles. The van der Waals surface area contributed by atoms with E-state index in [4.69, 9.17) is 11.6 Å². The molecule has 0 saturated heterocycles. The minimum absolute atomic E-state index is 0.533. The van der Waals surface area contributed by atoms with Crippen molar-refractivity contribution in [2.24, 2.45) is 5.92 Å². The Hall–Kier alpha value is -1.02. The second-order valence-corrected chi connectivity index (χ2v) is 4.52. The van der Waals surface area contributed by atoms with Crippen LogP contribution in [0.3, 0.4) is 0 Å². The number of benzene rings is 1. The van der Waals surface area contributed by atoms with Crippen molar-refractivity contribution in [3.05, 3.63) is 28.8 Å². The van der Waals surface area contributed by atoms with Crippen molar-refractivity contribution in [3.8, 4) is 0 Å². The number of nitrogens with zero attached hydrogens (tertiary/aromatic N) is 1. The van der Waals surface area contributed by atoms with Gasteiger partial charge in [-0.25, -0.2) is 0 Å². The van der Waals surface area contributed by atoms with E-state index in [1.54, 1.807) is 6.07 Å². The van der Waals surface area contributed by atoms with Gasteiger partial charge in [-0.2, -0.15) is 0 Å². The lowest BCUT2D eigenvalue weighted by Gasteiger charge is -2.21. The van der Waals surface area contributed by atoms with Crippen molar-refractivity contribution in [3.63, 3.8) is 0 Å². The molecule has 0 unspecified atom stereocenters. The molecule has 0 aromatic heterocycles. The van der Waals surface area contributed by atoms with Crippen LogP contribution in [-0.2, 0) is 0 Å². The molecule has 80 valence electrons. The number of carbonyl (C=O) groups is 1. The van der Waals surface area contributed by atoms with Gasteiger partial charge >= 0.3 is 0 Å². The number of carbonyl (C=O) groups excluding carboxylic acids is 1. The molecular weight excluding hydrogens is 210 g/mol. The summed E-state index contributed by atoms with van der Waals surface area (Å²) in [6.07, 6.45) is 3.45. The Labute approximate surface area is 94.8 Å². The summed E-state index contributed by atoms with van der Waals surface area (Å²) in [5, 5.41) is 0.533. The average Bonchev–Trinajstić information content (AvgIpc) is 3.01. The molecule has 1 aromatic carbocycles. The minimum Gasteiger partial charge on any atom is -0.374 e. The van der Waals surface area contributed by atoms with Gasteiger partial charge in [-0.3, -0.25) is 4.79 Å². The fraction of sp³-hybridized carbons (Fsp3) is 0.417. The Morgan fingerprint density at radius 1 is 1.53 bits per heavy atom. The van der Waals surface area contributed by atoms with Crippen molar-refractivity contribution < 1.29 is 4.79 Å². The third-order valence-electron chi connectivity index (χ3n) is 2.79. The molecule has 1 saturated carbocycles. The molecule has 0 N–H and O–H groups in total. The number of rotatable bonds is 4. The number of anilines is 1. The zero-order chi connectivity index (χ0) is 10.8. The third-order valence-corrected chi connectivity index (χ3v) is 3.12. The van der Waals surface area contributed by atoms with Crippen molar-refractivity contribution in [2.75, 3.05) is 18.5 Å². The second-order valence-electron chi connectivity index (χ2n) is 4.11. The summed E-state index contributed by atoms with van der Waals surface area (Å²) < 4.78 is 0. The first kappa shape index (κ1) is 10.5. The molecule has 2 rings (SSSR count). The topological polar surface area (TPSA) is 20.3 Å². The highest BCUT2D eigenvalue weighted by atomic mass is 35.5. The molecular formula is C12H14ClNO. The largest absolute Gasteiger partial charge is 0.374 e. The molecule has 0 atom stereocenters. The van der Waals surface area contributed by atoms with Crippen LogP contribution in [0.5, 0.6) is 0 Å². The van der Waals surface area contributed by atoms with Crippen LogP contribution in [0, 0.1) is 5.92 Å². The first-order valence-corrected chi connectivity index (χ1v) is 5.55. The zero-order valence-corrected chi connectivity index (χ0v) is 9.50. The molecule has 15 heavy (non-hydrogen) atoms. The molecule has 0 spiro atoms. The second kappa shape index (κ2) is 4.23. The molecule has 1 aromatic rings. The number of hydrogen-bond acceptors (Lipinski definition) is 2. The summed E-state index contributed by atoms with van der Waals surface area (Å²) in [5.74, 6) is 0.800. The van der Waals surface area contributed by atoms with E-state index in [-0.39, 0.29) is 0 Å². The highest BCUT2D eigenvalue weighted by Crippen LogP contribution is 2.32. The number of hydrogen-bond donors (Lipinski definition) is 0. The third kappa shape index (κ3) is 2.32. The maximum atomic E-state index is 10.9. The molecule has 0 heterocycles. The summed E-state index contributed by atoms with van der Waals surface area (Å²) in [5.41, 5.74) is 1.53. The molecule has 1 fully saturated rings. The fourth-order valence-corrected chi connectivity index (χ4v) is 1.98. The molecule has 0 aliphatic heterocycles. The van der Waals surface area contributed by atoms with E-state index in [0.29, 0.717) is 10.6 Å². The van der Waals surface area contributed by atoms with Gasteiger partial charge in [0, 0.05) is 19.3 Å². The van der Waals surface area contributed by atoms with Crippen LogP contribution in [0.2, 0.25) is 5.02 Å². The van der Waals surface area contributed by atoms with Gasteiger partial charge < -0.3 is 4.90 Å². The Morgan fingerprint density at radius 3 is 2.87 bits per heavy atom. The molecule has 1 aliphatic rings. The van der Waals surface area contributed by atoms with E-state index in [9.17, 15) is 4.79 Å². The van der Waals surface area contributed by atoms with E-state index in [0.717, 1.165) is 24.4 Å². The summed E-state index contributed by atoms with van der Waals surface area (Å²) in [6, 6.07) is 5.58. The van der Waals surface area contributed by atoms with Gasteiger partial charge in [-0.15, -0.1) is 0 Å². The molecule has 3 heteroatoms. The molecule has 0 amide bonds. The van der Waals surface area contributed by atoms with Crippen LogP contribution in [0.4, 0.5) is 5.69 Å². The first-order valence-electron chi connectivity index (χ1n) is 5.17. The lowest BCUT2D eigenvalue weighted by Crippen LogP contribution is -2.21. The smallest absolute Gasteiger partial charge is 0.153 e. The van der Waals surface area contributed by atoms with Gasteiger partial charge in [0.25, 0.3) is 0 Å². The van der Waals surface area contributed by atoms with Gasteiger partial charge in [0.2, 0.25) is 0 Å². The predicted octanol–water partition coefficient (Wildman–Crippen LogP) is 3.00. The molecule has 0 bridgehead atoms. The molecule has 2 nitrogen and oxygen atoms in total. The van der Waals surface area contributed by atoms with Crippen LogP contribution >= 0.6 is 11.6 Å². The maximum Gasteiger partial charge on any atom is 0.153 e. The van der Waals surface area contributed by atoms with E-state index in [1.807, 2.05) is 19.2 Å². The van der Waals surface area contributed by atoms with Crippen LogP contribution in [0.15, 0.2) is 18.2 Å². The monoisotopic (exact) mass is 223 g/mol. The van der Waals surface area contributed by atoms with E-state index in [2.05, 4.69) is 4.90 Å². The molecule has 0 radical (unpaired) electrons. The van der Waals surface area contributed by atoms with Gasteiger partial charge in [-0.05, 0) is 30.9 Å². The zero-order valence-electron chi connectivity index (χ0n) is 8.74. The first-order chi connectivity index (χ1) is 7.22. The quantitative estimate of drug-likeness (QED) is 0.732. The standard InChI is InChI=1S/C12H14ClNO/c1-14(7-9-5-6-9)12-4-2-3-11(13)10(12)8-15/h2-4,8-9H,5-7H2,1H3. The Bertz CT molecular complexity index is 374. The summed E-state index contributed by atoms with van der Waals surface area (Å²) >= 11 is 5.97. The van der Waals surface area contributed by atoms with E-state index in [1.165, 1.54) is 12.8 Å². The van der Waals surface area contributed by atoms with Crippen molar-refractivity contribution in [1.82, 2.24) is 0 Å². The summed E-state index contributed by atoms with van der Waals surface area (Å²) in [7, 11) is 2.01. The normalized spacial score (nSPS) is 15.1. The van der Waals surface area contributed by atoms with Crippen LogP contribution in [0.25, 0.3) is 0 Å². The van der Waals surface area contributed by atoms with Gasteiger partial charge in [0.05, 0.1) is 10.6 Å². The van der Waals surface area contributed by atoms with Crippen LogP contribution in [0.1, 0.15) is 23.2 Å². The van der Waals surface area contributed by atoms with E-state index < -0.39 is 0 Å². The minimum atomic E-state index is 0.533. The lowest BCUT2D eigenvalue weighted by molar-refractivity contribution is 0.112. The van der Waals surface area contributed by atoms with Gasteiger partial charge in [0.15, 0.2) is 6.29 Å². The Morgan fingerprint density at radius 2 is 2.27 bits per heavy atom. The predicted molar refractivity (Wildman–Crippen MR) is 62.8 cm³/mol. The van der Waals surface area contributed by atoms with E-state index >= 15 is 0 Å². The van der Waals surface area contributed by atoms with Gasteiger partial charge in [-0.1, -0.05) is 17.7 Å². The number of halogens is 1. The van der Waals surface area contributed by atoms with Crippen LogP contribution in [-0.4, -0.2) is 19.9 Å². The summed E-state index contributed by atoms with van der Waals surface area (Å²) in [6.45, 7) is 1.02. The average molecular weight is 224 g/mol. The van der Waals surface area contributed by atoms with Crippen molar-refractivity contribution in [2.45, 2.75) is 12.8 Å². The SMILES string of the molecule is CN(CC1CC1)c1cccc(Cl)c1C=O. The van der Waals surface area contributed by atoms with Crippen molar-refractivity contribution in [1.29, 1.82) is 0 Å². The lowest BCUT2D eigenvalue weighted by atomic mass is 10.1. The Kier molecular flexibility index (Phi) is 2.96. The van der Waals surface area contributed by atoms with Crippen LogP contribution < -0.4 is 4.90 Å². The fourth-order valence-electron chi connectivity index (χ4n) is 1.76. The summed E-state index contributed by atoms with van der Waals surface area (Å²) in [4.78, 5) is 13.1. The number of aldehydes is 1. The van der Waals surface area contributed by atoms with Crippen molar-refractivity contribution >= 4 is 23.6 Å². The maximum absolute atomic E-state index is 10.9. The highest BCUT2D eigenvalue weighted by molar-refractivity contribution is 6.33. The highest BCUT2D eigenvalue weighted by Gasteiger charge is 2.23. The Balaban J connectivity index is 2.24. The van der Waals surface area contributed by atoms with Gasteiger partial charge in [0.1, 0.15) is 0 Å².